The van der Waals surface area contributed by atoms with Gasteiger partial charge in [-0.1, -0.05) is 19.0 Å². The predicted octanol–water partition coefficient (Wildman–Crippen LogP) is 1.78. The zero-order chi connectivity index (χ0) is 13.8. The molecule has 2 atom stereocenters. The lowest BCUT2D eigenvalue weighted by Crippen LogP contribution is -2.36. The number of hydrogen-bond acceptors (Lipinski definition) is 5. The van der Waals surface area contributed by atoms with Gasteiger partial charge >= 0.3 is 0 Å². The molecule has 1 aliphatic rings. The second kappa shape index (κ2) is 6.50. The second-order valence-corrected chi connectivity index (χ2v) is 5.67. The number of nitrogens with one attached hydrogen (secondary N) is 1. The van der Waals surface area contributed by atoms with Gasteiger partial charge in [0.1, 0.15) is 0 Å². The molecular weight excluding hydrogens is 242 g/mol. The molecule has 2 unspecified atom stereocenters. The van der Waals surface area contributed by atoms with Crippen molar-refractivity contribution in [1.29, 1.82) is 0 Å². The minimum Gasteiger partial charge on any atom is -0.377 e. The van der Waals surface area contributed by atoms with Crippen LogP contribution in [-0.2, 0) is 17.8 Å². The van der Waals surface area contributed by atoms with E-state index in [1.807, 2.05) is 6.07 Å². The number of ether oxygens (including phenoxy) is 1. The van der Waals surface area contributed by atoms with Gasteiger partial charge in [0.25, 0.3) is 0 Å². The average molecular weight is 267 g/mol. The number of aromatic nitrogens is 1. The molecule has 0 spiro atoms. The van der Waals surface area contributed by atoms with Crippen LogP contribution in [0, 0.1) is 0 Å². The van der Waals surface area contributed by atoms with Crippen molar-refractivity contribution in [3.8, 4) is 0 Å². The molecule has 5 heteroatoms. The van der Waals surface area contributed by atoms with Crippen molar-refractivity contribution < 1.29 is 9.26 Å². The van der Waals surface area contributed by atoms with Crippen molar-refractivity contribution in [2.75, 3.05) is 13.7 Å². The summed E-state index contributed by atoms with van der Waals surface area (Å²) in [6, 6.07) is 2.97. The molecule has 2 heterocycles. The monoisotopic (exact) mass is 267 g/mol. The van der Waals surface area contributed by atoms with Gasteiger partial charge < -0.3 is 14.6 Å². The van der Waals surface area contributed by atoms with Crippen molar-refractivity contribution in [2.24, 2.45) is 0 Å². The standard InChI is InChI=1S/C14H25N3O2/c1-10(2)15-8-12-7-13(19-16-12)9-17(4)14-5-6-18-11(14)3/h7,10-11,14-15H,5-6,8-9H2,1-4H3. The number of hydrogen-bond donors (Lipinski definition) is 1. The molecule has 108 valence electrons. The van der Waals surface area contributed by atoms with Gasteiger partial charge in [-0.2, -0.15) is 0 Å². The third kappa shape index (κ3) is 4.03. The summed E-state index contributed by atoms with van der Waals surface area (Å²) in [6.07, 6.45) is 1.39. The van der Waals surface area contributed by atoms with E-state index in [-0.39, 0.29) is 0 Å². The number of nitrogens with zero attached hydrogens (tertiary/aromatic N) is 2. The maximum Gasteiger partial charge on any atom is 0.151 e. The Hall–Kier alpha value is -0.910. The Kier molecular flexibility index (Phi) is 4.96. The van der Waals surface area contributed by atoms with Crippen molar-refractivity contribution in [3.63, 3.8) is 0 Å². The van der Waals surface area contributed by atoms with Crippen LogP contribution < -0.4 is 5.32 Å². The zero-order valence-corrected chi connectivity index (χ0v) is 12.3. The van der Waals surface area contributed by atoms with Crippen LogP contribution in [0.2, 0.25) is 0 Å². The van der Waals surface area contributed by atoms with Crippen molar-refractivity contribution in [2.45, 2.75) is 58.5 Å². The Bertz CT molecular complexity index is 392. The third-order valence-electron chi connectivity index (χ3n) is 3.61. The fourth-order valence-corrected chi connectivity index (χ4v) is 2.48. The molecule has 1 aliphatic heterocycles. The molecular formula is C14H25N3O2. The molecule has 2 rings (SSSR count). The lowest BCUT2D eigenvalue weighted by molar-refractivity contribution is 0.0783. The number of rotatable bonds is 6. The maximum atomic E-state index is 5.60. The van der Waals surface area contributed by atoms with E-state index in [0.717, 1.165) is 37.6 Å². The second-order valence-electron chi connectivity index (χ2n) is 5.67. The topological polar surface area (TPSA) is 50.5 Å². The summed E-state index contributed by atoms with van der Waals surface area (Å²) in [5.74, 6) is 0.919. The summed E-state index contributed by atoms with van der Waals surface area (Å²) in [5.41, 5.74) is 0.966. The first-order valence-corrected chi connectivity index (χ1v) is 7.06. The van der Waals surface area contributed by atoms with Crippen LogP contribution in [0.15, 0.2) is 10.6 Å². The molecule has 0 aliphatic carbocycles. The smallest absolute Gasteiger partial charge is 0.151 e. The van der Waals surface area contributed by atoms with E-state index < -0.39 is 0 Å². The Morgan fingerprint density at radius 1 is 1.53 bits per heavy atom. The first kappa shape index (κ1) is 14.5. The van der Waals surface area contributed by atoms with Crippen LogP contribution in [0.3, 0.4) is 0 Å². The van der Waals surface area contributed by atoms with Gasteiger partial charge in [0.15, 0.2) is 5.76 Å². The highest BCUT2D eigenvalue weighted by Crippen LogP contribution is 2.20. The number of likely N-dealkylation sites (N-methyl/N-ethyl adjacent to an activating group) is 1. The quantitative estimate of drug-likeness (QED) is 0.851. The molecule has 0 bridgehead atoms. The van der Waals surface area contributed by atoms with Crippen LogP contribution in [-0.4, -0.2) is 41.9 Å². The van der Waals surface area contributed by atoms with Crippen molar-refractivity contribution in [3.05, 3.63) is 17.5 Å². The van der Waals surface area contributed by atoms with Crippen LogP contribution in [0.5, 0.6) is 0 Å². The molecule has 0 saturated carbocycles. The predicted molar refractivity (Wildman–Crippen MR) is 73.8 cm³/mol. The summed E-state index contributed by atoms with van der Waals surface area (Å²) < 4.78 is 11.0. The van der Waals surface area contributed by atoms with E-state index in [1.54, 1.807) is 0 Å². The Labute approximate surface area is 115 Å². The molecule has 1 aromatic rings. The zero-order valence-electron chi connectivity index (χ0n) is 12.3. The Morgan fingerprint density at radius 3 is 2.95 bits per heavy atom. The Morgan fingerprint density at radius 2 is 2.32 bits per heavy atom. The lowest BCUT2D eigenvalue weighted by atomic mass is 10.1. The molecule has 1 saturated heterocycles. The molecule has 19 heavy (non-hydrogen) atoms. The molecule has 1 aromatic heterocycles. The normalized spacial score (nSPS) is 23.7. The van der Waals surface area contributed by atoms with E-state index in [9.17, 15) is 0 Å². The summed E-state index contributed by atoms with van der Waals surface area (Å²) >= 11 is 0. The highest BCUT2D eigenvalue weighted by Gasteiger charge is 2.28. The summed E-state index contributed by atoms with van der Waals surface area (Å²) in [4.78, 5) is 2.29. The largest absolute Gasteiger partial charge is 0.377 e. The van der Waals surface area contributed by atoms with Gasteiger partial charge in [0.05, 0.1) is 18.3 Å². The van der Waals surface area contributed by atoms with Crippen molar-refractivity contribution in [1.82, 2.24) is 15.4 Å². The van der Waals surface area contributed by atoms with E-state index in [0.29, 0.717) is 18.2 Å². The fraction of sp³-hybridized carbons (Fsp3) is 0.786. The van der Waals surface area contributed by atoms with E-state index >= 15 is 0 Å². The minimum atomic E-state index is 0.301. The van der Waals surface area contributed by atoms with Gasteiger partial charge in [-0.15, -0.1) is 0 Å². The van der Waals surface area contributed by atoms with E-state index in [2.05, 4.69) is 43.2 Å². The molecule has 1 N–H and O–H groups in total. The van der Waals surface area contributed by atoms with Crippen molar-refractivity contribution >= 4 is 0 Å². The van der Waals surface area contributed by atoms with Gasteiger partial charge in [0.2, 0.25) is 0 Å². The summed E-state index contributed by atoms with van der Waals surface area (Å²) in [6.45, 7) is 8.77. The SMILES string of the molecule is CC(C)NCc1cc(CN(C)C2CCOC2C)on1. The fourth-order valence-electron chi connectivity index (χ4n) is 2.48. The van der Waals surface area contributed by atoms with Gasteiger partial charge in [-0.3, -0.25) is 4.90 Å². The Balaban J connectivity index is 1.85. The first-order chi connectivity index (χ1) is 9.06. The van der Waals surface area contributed by atoms with Crippen LogP contribution in [0.1, 0.15) is 38.6 Å². The van der Waals surface area contributed by atoms with E-state index in [1.165, 1.54) is 0 Å². The van der Waals surface area contributed by atoms with Gasteiger partial charge in [0, 0.05) is 31.3 Å². The van der Waals surface area contributed by atoms with Crippen LogP contribution in [0.25, 0.3) is 0 Å². The molecule has 5 nitrogen and oxygen atoms in total. The average Bonchev–Trinajstić information content (AvgIpc) is 2.95. The summed E-state index contributed by atoms with van der Waals surface area (Å²) in [7, 11) is 2.12. The summed E-state index contributed by atoms with van der Waals surface area (Å²) in [5, 5.41) is 7.43. The highest BCUT2D eigenvalue weighted by molar-refractivity contribution is 5.05. The van der Waals surface area contributed by atoms with Gasteiger partial charge in [-0.05, 0) is 20.4 Å². The van der Waals surface area contributed by atoms with Crippen LogP contribution >= 0.6 is 0 Å². The minimum absolute atomic E-state index is 0.301. The first-order valence-electron chi connectivity index (χ1n) is 7.06. The van der Waals surface area contributed by atoms with Gasteiger partial charge in [-0.25, -0.2) is 0 Å². The molecule has 0 aromatic carbocycles. The molecule has 0 radical (unpaired) electrons. The third-order valence-corrected chi connectivity index (χ3v) is 3.61. The van der Waals surface area contributed by atoms with Crippen LogP contribution in [0.4, 0.5) is 0 Å². The van der Waals surface area contributed by atoms with E-state index in [4.69, 9.17) is 9.26 Å². The highest BCUT2D eigenvalue weighted by atomic mass is 16.5. The lowest BCUT2D eigenvalue weighted by Gasteiger charge is -2.25. The maximum absolute atomic E-state index is 5.60. The molecule has 1 fully saturated rings. The molecule has 0 amide bonds.